The quantitative estimate of drug-likeness (QED) is 0.351. The van der Waals surface area contributed by atoms with Gasteiger partial charge < -0.3 is 10.2 Å². The molecule has 3 rings (SSSR count). The Balaban J connectivity index is 2.09. The predicted molar refractivity (Wildman–Crippen MR) is 153 cm³/mol. The van der Waals surface area contributed by atoms with Gasteiger partial charge in [0.2, 0.25) is 21.8 Å². The zero-order valence-corrected chi connectivity index (χ0v) is 23.8. The van der Waals surface area contributed by atoms with E-state index in [4.69, 9.17) is 23.2 Å². The van der Waals surface area contributed by atoms with Gasteiger partial charge in [0.05, 0.1) is 11.9 Å². The highest BCUT2D eigenvalue weighted by Crippen LogP contribution is 2.28. The van der Waals surface area contributed by atoms with Crippen molar-refractivity contribution in [3.05, 3.63) is 100 Å². The molecule has 7 nitrogen and oxygen atoms in total. The molecule has 0 aliphatic heterocycles. The summed E-state index contributed by atoms with van der Waals surface area (Å²) in [5.74, 6) is -0.943. The summed E-state index contributed by atoms with van der Waals surface area (Å²) < 4.78 is 26.5. The number of amides is 2. The molecule has 1 unspecified atom stereocenters. The smallest absolute Gasteiger partial charge is 0.244 e. The fourth-order valence-corrected chi connectivity index (χ4v) is 5.36. The average Bonchev–Trinajstić information content (AvgIpc) is 2.86. The van der Waals surface area contributed by atoms with Gasteiger partial charge in [-0.25, -0.2) is 8.42 Å². The number of anilines is 1. The normalized spacial score (nSPS) is 12.2. The molecule has 3 aromatic rings. The number of hydrogen-bond donors (Lipinski definition) is 1. The fraction of sp³-hybridized carbons (Fsp3) is 0.286. The van der Waals surface area contributed by atoms with E-state index in [0.717, 1.165) is 16.1 Å². The largest absolute Gasteiger partial charge is 0.352 e. The standard InChI is InChI=1S/C28H31Cl2N3O4S/c1-20(2)31-28(35)26(17-21-11-6-4-7-12-21)32(18-23-24(29)15-10-16-25(23)30)27(34)19-33(38(3,36)37)22-13-8-5-9-14-22/h4-16,20,26H,17-19H2,1-3H3,(H,31,35). The van der Waals surface area contributed by atoms with Gasteiger partial charge in [0.1, 0.15) is 12.6 Å². The number of sulfonamides is 1. The lowest BCUT2D eigenvalue weighted by atomic mass is 10.0. The van der Waals surface area contributed by atoms with Gasteiger partial charge in [-0.3, -0.25) is 13.9 Å². The van der Waals surface area contributed by atoms with Crippen molar-refractivity contribution in [2.24, 2.45) is 0 Å². The first-order valence-electron chi connectivity index (χ1n) is 12.1. The van der Waals surface area contributed by atoms with Crippen LogP contribution in [0.3, 0.4) is 0 Å². The first-order valence-corrected chi connectivity index (χ1v) is 14.7. The van der Waals surface area contributed by atoms with Crippen molar-refractivity contribution in [3.8, 4) is 0 Å². The summed E-state index contributed by atoms with van der Waals surface area (Å²) in [4.78, 5) is 28.9. The molecule has 0 radical (unpaired) electrons. The van der Waals surface area contributed by atoms with Gasteiger partial charge in [0, 0.05) is 34.6 Å². The number of carbonyl (C=O) groups is 2. The molecular weight excluding hydrogens is 545 g/mol. The van der Waals surface area contributed by atoms with Crippen molar-refractivity contribution >= 4 is 50.7 Å². The van der Waals surface area contributed by atoms with E-state index in [1.54, 1.807) is 48.5 Å². The summed E-state index contributed by atoms with van der Waals surface area (Å²) >= 11 is 12.9. The Kier molecular flexibility index (Phi) is 10.2. The minimum atomic E-state index is -3.83. The van der Waals surface area contributed by atoms with Crippen LogP contribution < -0.4 is 9.62 Å². The molecule has 202 valence electrons. The number of nitrogens with one attached hydrogen (secondary N) is 1. The number of benzene rings is 3. The second-order valence-corrected chi connectivity index (χ2v) is 11.9. The molecule has 0 saturated carbocycles. The minimum Gasteiger partial charge on any atom is -0.352 e. The highest BCUT2D eigenvalue weighted by atomic mass is 35.5. The van der Waals surface area contributed by atoms with Crippen molar-refractivity contribution < 1.29 is 18.0 Å². The molecule has 1 atom stereocenters. The third-order valence-corrected chi connectivity index (χ3v) is 7.66. The lowest BCUT2D eigenvalue weighted by Gasteiger charge is -2.34. The van der Waals surface area contributed by atoms with Crippen LogP contribution >= 0.6 is 23.2 Å². The van der Waals surface area contributed by atoms with E-state index in [2.05, 4.69) is 5.32 Å². The zero-order valence-electron chi connectivity index (χ0n) is 21.5. The third-order valence-electron chi connectivity index (χ3n) is 5.82. The first-order chi connectivity index (χ1) is 18.0. The topological polar surface area (TPSA) is 86.8 Å². The SMILES string of the molecule is CC(C)NC(=O)C(Cc1ccccc1)N(Cc1c(Cl)cccc1Cl)C(=O)CN(c1ccccc1)S(C)(=O)=O. The van der Waals surface area contributed by atoms with Crippen LogP contribution in [0, 0.1) is 0 Å². The Bertz CT molecular complexity index is 1330. The second kappa shape index (κ2) is 13.1. The van der Waals surface area contributed by atoms with Crippen molar-refractivity contribution in [1.29, 1.82) is 0 Å². The molecule has 0 heterocycles. The van der Waals surface area contributed by atoms with Gasteiger partial charge in [-0.2, -0.15) is 0 Å². The molecule has 0 aliphatic rings. The Morgan fingerprint density at radius 1 is 0.868 bits per heavy atom. The first kappa shape index (κ1) is 29.5. The molecular formula is C28H31Cl2N3O4S. The molecule has 3 aromatic carbocycles. The predicted octanol–water partition coefficient (Wildman–Crippen LogP) is 4.92. The Hall–Kier alpha value is -3.07. The summed E-state index contributed by atoms with van der Waals surface area (Å²) in [7, 11) is -3.83. The lowest BCUT2D eigenvalue weighted by molar-refractivity contribution is -0.140. The van der Waals surface area contributed by atoms with Gasteiger partial charge >= 0.3 is 0 Å². The number of para-hydroxylation sites is 1. The van der Waals surface area contributed by atoms with Crippen LogP contribution in [0.25, 0.3) is 0 Å². The van der Waals surface area contributed by atoms with Crippen LogP contribution in [0.15, 0.2) is 78.9 Å². The van der Waals surface area contributed by atoms with Gasteiger partial charge in [-0.05, 0) is 43.7 Å². The molecule has 10 heteroatoms. The molecule has 1 N–H and O–H groups in total. The molecule has 0 aromatic heterocycles. The fourth-order valence-electron chi connectivity index (χ4n) is 4.00. The van der Waals surface area contributed by atoms with Crippen molar-refractivity contribution in [2.75, 3.05) is 17.1 Å². The Labute approximate surface area is 234 Å². The van der Waals surface area contributed by atoms with Crippen molar-refractivity contribution in [2.45, 2.75) is 38.9 Å². The molecule has 38 heavy (non-hydrogen) atoms. The number of halogens is 2. The number of hydrogen-bond acceptors (Lipinski definition) is 4. The second-order valence-electron chi connectivity index (χ2n) is 9.20. The van der Waals surface area contributed by atoms with E-state index >= 15 is 0 Å². The van der Waals surface area contributed by atoms with Gasteiger partial charge in [0.15, 0.2) is 0 Å². The van der Waals surface area contributed by atoms with Gasteiger partial charge in [-0.1, -0.05) is 77.8 Å². The van der Waals surface area contributed by atoms with E-state index in [1.807, 2.05) is 44.2 Å². The van der Waals surface area contributed by atoms with Crippen molar-refractivity contribution in [3.63, 3.8) is 0 Å². The maximum atomic E-state index is 14.0. The molecule has 2 amide bonds. The van der Waals surface area contributed by atoms with Gasteiger partial charge in [-0.15, -0.1) is 0 Å². The molecule has 0 fully saturated rings. The summed E-state index contributed by atoms with van der Waals surface area (Å²) in [6.07, 6.45) is 1.24. The minimum absolute atomic E-state index is 0.0905. The summed E-state index contributed by atoms with van der Waals surface area (Å²) in [6.45, 7) is 3.06. The highest BCUT2D eigenvalue weighted by Gasteiger charge is 2.34. The average molecular weight is 577 g/mol. The molecule has 0 saturated heterocycles. The van der Waals surface area contributed by atoms with Crippen LogP contribution in [0.4, 0.5) is 5.69 Å². The monoisotopic (exact) mass is 575 g/mol. The Morgan fingerprint density at radius 3 is 1.95 bits per heavy atom. The van der Waals surface area contributed by atoms with Crippen LogP contribution in [0.2, 0.25) is 10.0 Å². The molecule has 0 spiro atoms. The van der Waals surface area contributed by atoms with Crippen LogP contribution in [-0.4, -0.2) is 50.0 Å². The van der Waals surface area contributed by atoms with Crippen LogP contribution in [0.1, 0.15) is 25.0 Å². The summed E-state index contributed by atoms with van der Waals surface area (Å²) in [5, 5.41) is 3.57. The van der Waals surface area contributed by atoms with E-state index in [9.17, 15) is 18.0 Å². The number of carbonyl (C=O) groups excluding carboxylic acids is 2. The van der Waals surface area contributed by atoms with E-state index in [-0.39, 0.29) is 24.9 Å². The molecule has 0 aliphatic carbocycles. The third kappa shape index (κ3) is 7.96. The lowest BCUT2D eigenvalue weighted by Crippen LogP contribution is -2.54. The maximum Gasteiger partial charge on any atom is 0.244 e. The van der Waals surface area contributed by atoms with Crippen molar-refractivity contribution in [1.82, 2.24) is 10.2 Å². The maximum absolute atomic E-state index is 14.0. The van der Waals surface area contributed by atoms with Crippen LogP contribution in [0.5, 0.6) is 0 Å². The van der Waals surface area contributed by atoms with Gasteiger partial charge in [0.25, 0.3) is 0 Å². The van der Waals surface area contributed by atoms with E-state index in [0.29, 0.717) is 21.3 Å². The number of nitrogens with zero attached hydrogens (tertiary/aromatic N) is 2. The Morgan fingerprint density at radius 2 is 1.42 bits per heavy atom. The summed E-state index contributed by atoms with van der Waals surface area (Å²) in [6, 6.07) is 21.5. The summed E-state index contributed by atoms with van der Waals surface area (Å²) in [5.41, 5.74) is 1.64. The van der Waals surface area contributed by atoms with E-state index < -0.39 is 28.5 Å². The van der Waals surface area contributed by atoms with E-state index in [1.165, 1.54) is 4.90 Å². The highest BCUT2D eigenvalue weighted by molar-refractivity contribution is 7.92. The zero-order chi connectivity index (χ0) is 27.9. The number of rotatable bonds is 11. The molecule has 0 bridgehead atoms. The van der Waals surface area contributed by atoms with Crippen LogP contribution in [-0.2, 0) is 32.6 Å².